The van der Waals surface area contributed by atoms with Gasteiger partial charge in [-0.3, -0.25) is 4.79 Å². The summed E-state index contributed by atoms with van der Waals surface area (Å²) in [7, 11) is 0. The molecule has 0 heterocycles. The van der Waals surface area contributed by atoms with E-state index in [2.05, 4.69) is 5.32 Å². The highest BCUT2D eigenvalue weighted by atomic mass is 16.3. The Morgan fingerprint density at radius 1 is 1.38 bits per heavy atom. The van der Waals surface area contributed by atoms with Crippen molar-refractivity contribution in [2.24, 2.45) is 0 Å². The molecule has 0 aliphatic rings. The Morgan fingerprint density at radius 3 is 2.50 bits per heavy atom. The first-order valence-electron chi connectivity index (χ1n) is 5.33. The van der Waals surface area contributed by atoms with Gasteiger partial charge in [-0.25, -0.2) is 0 Å². The lowest BCUT2D eigenvalue weighted by atomic mass is 10.1. The van der Waals surface area contributed by atoms with Crippen molar-refractivity contribution in [3.63, 3.8) is 0 Å². The third-order valence-corrected chi connectivity index (χ3v) is 2.28. The lowest BCUT2D eigenvalue weighted by Crippen LogP contribution is -2.22. The van der Waals surface area contributed by atoms with Crippen LogP contribution in [0.25, 0.3) is 0 Å². The van der Waals surface area contributed by atoms with Crippen LogP contribution in [-0.4, -0.2) is 35.3 Å². The quantitative estimate of drug-likeness (QED) is 0.630. The van der Waals surface area contributed by atoms with Crippen LogP contribution in [0.1, 0.15) is 23.7 Å². The van der Waals surface area contributed by atoms with E-state index >= 15 is 0 Å². The molecular formula is C12H17NO3. The van der Waals surface area contributed by atoms with E-state index in [0.29, 0.717) is 12.0 Å². The van der Waals surface area contributed by atoms with E-state index in [1.807, 2.05) is 6.92 Å². The number of aliphatic hydroxyl groups is 2. The molecule has 88 valence electrons. The second-order valence-electron chi connectivity index (χ2n) is 3.57. The van der Waals surface area contributed by atoms with E-state index in [1.165, 1.54) is 0 Å². The fourth-order valence-corrected chi connectivity index (χ4v) is 1.28. The number of carbonyl (C=O) groups excluding carboxylic acids is 1. The van der Waals surface area contributed by atoms with Crippen LogP contribution >= 0.6 is 0 Å². The van der Waals surface area contributed by atoms with Crippen LogP contribution in [0, 0.1) is 0 Å². The molecule has 0 spiro atoms. The van der Waals surface area contributed by atoms with Crippen LogP contribution in [0.3, 0.4) is 0 Å². The summed E-state index contributed by atoms with van der Waals surface area (Å²) in [5, 5.41) is 20.7. The summed E-state index contributed by atoms with van der Waals surface area (Å²) in [5.74, 6) is 0.113. The summed E-state index contributed by atoms with van der Waals surface area (Å²) in [4.78, 5) is 11.3. The molecule has 1 unspecified atom stereocenters. The van der Waals surface area contributed by atoms with E-state index in [4.69, 9.17) is 10.2 Å². The number of aliphatic hydroxyl groups excluding tert-OH is 2. The summed E-state index contributed by atoms with van der Waals surface area (Å²) in [6, 6.07) is 7.07. The number of anilines is 1. The zero-order valence-corrected chi connectivity index (χ0v) is 9.31. The Balaban J connectivity index is 2.54. The standard InChI is InChI=1S/C12H17NO3/c1-2-12(16)9-3-5-10(6-4-9)13-7-11(15)8-14/h3-6,11,13-15H,2,7-8H2,1H3. The minimum atomic E-state index is -0.767. The van der Waals surface area contributed by atoms with Crippen LogP contribution in [-0.2, 0) is 0 Å². The number of rotatable bonds is 6. The van der Waals surface area contributed by atoms with Gasteiger partial charge in [-0.2, -0.15) is 0 Å². The largest absolute Gasteiger partial charge is 0.394 e. The molecule has 3 N–H and O–H groups in total. The molecule has 1 aromatic rings. The van der Waals surface area contributed by atoms with Crippen LogP contribution < -0.4 is 5.32 Å². The average molecular weight is 223 g/mol. The summed E-state index contributed by atoms with van der Waals surface area (Å²) < 4.78 is 0. The van der Waals surface area contributed by atoms with E-state index in [1.54, 1.807) is 24.3 Å². The number of ketones is 1. The molecule has 0 aliphatic carbocycles. The maximum atomic E-state index is 11.3. The molecule has 0 fully saturated rings. The zero-order valence-electron chi connectivity index (χ0n) is 9.31. The van der Waals surface area contributed by atoms with E-state index < -0.39 is 6.10 Å². The van der Waals surface area contributed by atoms with Gasteiger partial charge in [0.1, 0.15) is 0 Å². The normalized spacial score (nSPS) is 12.2. The van der Waals surface area contributed by atoms with E-state index in [9.17, 15) is 4.79 Å². The number of nitrogens with one attached hydrogen (secondary N) is 1. The summed E-state index contributed by atoms with van der Waals surface area (Å²) in [6.07, 6.45) is -0.271. The Hall–Kier alpha value is -1.39. The van der Waals surface area contributed by atoms with Crippen LogP contribution in [0.4, 0.5) is 5.69 Å². The van der Waals surface area contributed by atoms with Crippen molar-refractivity contribution < 1.29 is 15.0 Å². The highest BCUT2D eigenvalue weighted by Crippen LogP contribution is 2.11. The highest BCUT2D eigenvalue weighted by Gasteiger charge is 2.03. The number of hydrogen-bond acceptors (Lipinski definition) is 4. The van der Waals surface area contributed by atoms with Gasteiger partial charge in [-0.15, -0.1) is 0 Å². The Labute approximate surface area is 94.9 Å². The fourth-order valence-electron chi connectivity index (χ4n) is 1.28. The average Bonchev–Trinajstić information content (AvgIpc) is 2.35. The molecule has 16 heavy (non-hydrogen) atoms. The first-order chi connectivity index (χ1) is 7.67. The number of Topliss-reactive ketones (excluding diaryl/α,β-unsaturated/α-hetero) is 1. The van der Waals surface area contributed by atoms with Crippen LogP contribution in [0.5, 0.6) is 0 Å². The smallest absolute Gasteiger partial charge is 0.162 e. The molecule has 0 aromatic heterocycles. The second-order valence-corrected chi connectivity index (χ2v) is 3.57. The molecule has 1 aromatic carbocycles. The fraction of sp³-hybridized carbons (Fsp3) is 0.417. The van der Waals surface area contributed by atoms with E-state index in [0.717, 1.165) is 5.69 Å². The van der Waals surface area contributed by atoms with Crippen molar-refractivity contribution in [2.75, 3.05) is 18.5 Å². The van der Waals surface area contributed by atoms with Gasteiger partial charge >= 0.3 is 0 Å². The Morgan fingerprint density at radius 2 is 2.00 bits per heavy atom. The summed E-state index contributed by atoms with van der Waals surface area (Å²) in [6.45, 7) is 1.85. The number of hydrogen-bond donors (Lipinski definition) is 3. The maximum Gasteiger partial charge on any atom is 0.162 e. The van der Waals surface area contributed by atoms with Gasteiger partial charge in [0.15, 0.2) is 5.78 Å². The van der Waals surface area contributed by atoms with Crippen molar-refractivity contribution in [3.05, 3.63) is 29.8 Å². The molecule has 0 radical (unpaired) electrons. The highest BCUT2D eigenvalue weighted by molar-refractivity contribution is 5.96. The van der Waals surface area contributed by atoms with Crippen molar-refractivity contribution in [3.8, 4) is 0 Å². The molecule has 0 saturated heterocycles. The van der Waals surface area contributed by atoms with Gasteiger partial charge in [0.2, 0.25) is 0 Å². The zero-order chi connectivity index (χ0) is 12.0. The predicted molar refractivity (Wildman–Crippen MR) is 62.6 cm³/mol. The second kappa shape index (κ2) is 6.25. The van der Waals surface area contributed by atoms with E-state index in [-0.39, 0.29) is 18.9 Å². The Kier molecular flexibility index (Phi) is 4.95. The third kappa shape index (κ3) is 3.64. The molecule has 1 rings (SSSR count). The van der Waals surface area contributed by atoms with Crippen LogP contribution in [0.15, 0.2) is 24.3 Å². The first-order valence-corrected chi connectivity index (χ1v) is 5.33. The molecule has 4 heteroatoms. The van der Waals surface area contributed by atoms with Crippen molar-refractivity contribution in [1.82, 2.24) is 0 Å². The number of carbonyl (C=O) groups is 1. The van der Waals surface area contributed by atoms with Crippen molar-refractivity contribution in [1.29, 1.82) is 0 Å². The first kappa shape index (κ1) is 12.7. The maximum absolute atomic E-state index is 11.3. The molecular weight excluding hydrogens is 206 g/mol. The topological polar surface area (TPSA) is 69.6 Å². The summed E-state index contributed by atoms with van der Waals surface area (Å²) in [5.41, 5.74) is 1.51. The molecule has 0 bridgehead atoms. The Bertz CT molecular complexity index is 335. The van der Waals surface area contributed by atoms with Gasteiger partial charge in [-0.05, 0) is 24.3 Å². The lowest BCUT2D eigenvalue weighted by Gasteiger charge is -2.10. The van der Waals surface area contributed by atoms with Gasteiger partial charge in [-0.1, -0.05) is 6.92 Å². The predicted octanol–water partition coefficient (Wildman–Crippen LogP) is 1.04. The molecule has 0 aliphatic heterocycles. The summed E-state index contributed by atoms with van der Waals surface area (Å²) >= 11 is 0. The lowest BCUT2D eigenvalue weighted by molar-refractivity contribution is 0.0988. The van der Waals surface area contributed by atoms with Crippen molar-refractivity contribution >= 4 is 11.5 Å². The minimum absolute atomic E-state index is 0.113. The molecule has 0 amide bonds. The minimum Gasteiger partial charge on any atom is -0.394 e. The van der Waals surface area contributed by atoms with Crippen LogP contribution in [0.2, 0.25) is 0 Å². The van der Waals surface area contributed by atoms with Gasteiger partial charge in [0, 0.05) is 24.2 Å². The molecule has 0 saturated carbocycles. The SMILES string of the molecule is CCC(=O)c1ccc(NCC(O)CO)cc1. The monoisotopic (exact) mass is 223 g/mol. The number of benzene rings is 1. The van der Waals surface area contributed by atoms with Crippen molar-refractivity contribution in [2.45, 2.75) is 19.4 Å². The third-order valence-electron chi connectivity index (χ3n) is 2.28. The molecule has 1 atom stereocenters. The molecule has 4 nitrogen and oxygen atoms in total. The van der Waals surface area contributed by atoms with Gasteiger partial charge in [0.25, 0.3) is 0 Å². The van der Waals surface area contributed by atoms with Gasteiger partial charge in [0.05, 0.1) is 12.7 Å². The van der Waals surface area contributed by atoms with Gasteiger partial charge < -0.3 is 15.5 Å².